The number of imidazole rings is 2. The number of nitrogens with one attached hydrogen (secondary N) is 1. The third kappa shape index (κ3) is 13.6. The molecule has 8 rings (SSSR count). The Morgan fingerprint density at radius 2 is 1.31 bits per heavy atom. The van der Waals surface area contributed by atoms with E-state index in [2.05, 4.69) is 59.7 Å². The Kier molecular flexibility index (Phi) is 18.7. The van der Waals surface area contributed by atoms with E-state index < -0.39 is 81.9 Å². The van der Waals surface area contributed by atoms with Gasteiger partial charge in [0.1, 0.15) is 55.4 Å². The van der Waals surface area contributed by atoms with Crippen molar-refractivity contribution in [1.29, 1.82) is 0 Å². The Morgan fingerprint density at radius 1 is 0.770 bits per heavy atom. The number of hydrogen-bond donors (Lipinski definition) is 4. The number of thiol groups is 2. The number of alkyl halides is 1. The SMILES string of the molecule is C[C@@H]1[C@@H]2O[P@](=O)(S)OC[C@H]3O[C@@H](n4cnc5c(NC(=O)OCCN(C)C(=O)CCOCCOCCOCCOCCN6C(=O)C=CC6=O)ncnc54)[C@H](F)[C@@H]3O[P@](=O)(S)OCC2O[C@H]1n1cnc2c(N)ncnc21. The number of carbonyl (C=O) groups is 4. The quantitative estimate of drug-likeness (QED) is 0.0402. The van der Waals surface area contributed by atoms with Crippen LogP contribution in [0, 0.1) is 5.92 Å². The van der Waals surface area contributed by atoms with Crippen molar-refractivity contribution in [1.82, 2.24) is 48.8 Å². The van der Waals surface area contributed by atoms with Crippen LogP contribution in [-0.4, -0.2) is 196 Å². The highest BCUT2D eigenvalue weighted by Gasteiger charge is 2.53. The van der Waals surface area contributed by atoms with E-state index >= 15 is 4.39 Å². The molecule has 10 atom stereocenters. The van der Waals surface area contributed by atoms with E-state index in [0.29, 0.717) is 37.6 Å². The fourth-order valence-corrected chi connectivity index (χ4v) is 11.1. The lowest BCUT2D eigenvalue weighted by Gasteiger charge is -2.28. The van der Waals surface area contributed by atoms with Crippen LogP contribution in [0.15, 0.2) is 37.5 Å². The normalized spacial score (nSPS) is 28.3. The molecule has 4 aliphatic heterocycles. The minimum absolute atomic E-state index is 0.00179. The van der Waals surface area contributed by atoms with Crippen molar-refractivity contribution in [2.24, 2.45) is 5.92 Å². The highest BCUT2D eigenvalue weighted by Crippen LogP contribution is 2.61. The lowest BCUT2D eigenvalue weighted by atomic mass is 10.0. The first-order valence-electron chi connectivity index (χ1n) is 22.9. The molecule has 1 unspecified atom stereocenters. The lowest BCUT2D eigenvalue weighted by Crippen LogP contribution is -2.36. The molecule has 74 heavy (non-hydrogen) atoms. The van der Waals surface area contributed by atoms with E-state index in [1.54, 1.807) is 11.5 Å². The maximum Gasteiger partial charge on any atom is 0.412 e. The Balaban J connectivity index is 0.756. The van der Waals surface area contributed by atoms with Crippen molar-refractivity contribution in [3.63, 3.8) is 0 Å². The number of aromatic nitrogens is 8. The highest BCUT2D eigenvalue weighted by atomic mass is 32.7. The van der Waals surface area contributed by atoms with E-state index in [0.717, 1.165) is 11.2 Å². The summed E-state index contributed by atoms with van der Waals surface area (Å²) in [4.78, 5) is 76.0. The highest BCUT2D eigenvalue weighted by molar-refractivity contribution is 8.44. The second-order valence-electron chi connectivity index (χ2n) is 16.7. The molecule has 8 heterocycles. The number of halogens is 1. The second-order valence-corrected chi connectivity index (χ2v) is 22.4. The number of hydrogen-bond acceptors (Lipinski definition) is 24. The molecule has 0 aliphatic carbocycles. The van der Waals surface area contributed by atoms with Crippen LogP contribution in [0.3, 0.4) is 0 Å². The van der Waals surface area contributed by atoms with Crippen molar-refractivity contribution in [3.8, 4) is 0 Å². The van der Waals surface area contributed by atoms with Crippen LogP contribution in [0.1, 0.15) is 25.8 Å². The predicted molar refractivity (Wildman–Crippen MR) is 258 cm³/mol. The fourth-order valence-electron chi connectivity index (χ4n) is 8.02. The average Bonchev–Trinajstić information content (AvgIpc) is 4.19. The standard InChI is InChI=1S/C40H53FN12O17P2S2/c1-23-32-24(67-38(23)52-21-47-30-34(42)43-19-45-36(30)52)17-65-72(59,74)70-33-25(18-66-71(58,73)69-32)68-39(29(33)41)53-22-48-31-35(44-20-46-37(31)53)49-40(57)64-10-6-50(2)26(54)5-8-60-11-13-62-15-16-63-14-12-61-9-7-51-27(55)3-4-28(51)56/h3-4,19-25,29,32-33,38-39H,5-18H2,1-2H3,(H,58,73)(H,59,74)(H2,42,43,45)(H,44,46,49,57)/t23-,24?,25-,29-,32+,33-,38-,39-,71-,72-/m1/s1. The van der Waals surface area contributed by atoms with Gasteiger partial charge in [-0.1, -0.05) is 31.4 Å². The third-order valence-corrected chi connectivity index (χ3v) is 15.0. The number of imide groups is 1. The maximum atomic E-state index is 16.6. The molecule has 0 aromatic carbocycles. The number of fused-ring (bicyclic) bond motifs is 4. The Labute approximate surface area is 430 Å². The summed E-state index contributed by atoms with van der Waals surface area (Å²) in [7, 11) is 1.54. The predicted octanol–water partition coefficient (Wildman–Crippen LogP) is 2.30. The van der Waals surface area contributed by atoms with Crippen LogP contribution in [0.5, 0.6) is 0 Å². The first-order valence-corrected chi connectivity index (χ1v) is 28.3. The molecule has 0 saturated carbocycles. The van der Waals surface area contributed by atoms with E-state index in [1.165, 1.54) is 47.6 Å². The zero-order valence-electron chi connectivity index (χ0n) is 39.6. The van der Waals surface area contributed by atoms with E-state index in [-0.39, 0.29) is 93.1 Å². The first kappa shape index (κ1) is 55.4. The van der Waals surface area contributed by atoms with E-state index in [4.69, 9.17) is 57.0 Å². The van der Waals surface area contributed by atoms with Crippen LogP contribution in [0.2, 0.25) is 0 Å². The molecule has 3 saturated heterocycles. The van der Waals surface area contributed by atoms with Crippen molar-refractivity contribution in [2.45, 2.75) is 56.4 Å². The zero-order valence-corrected chi connectivity index (χ0v) is 43.2. The van der Waals surface area contributed by atoms with Gasteiger partial charge in [0, 0.05) is 25.1 Å². The van der Waals surface area contributed by atoms with Gasteiger partial charge >= 0.3 is 19.7 Å². The van der Waals surface area contributed by atoms with Crippen molar-refractivity contribution >= 4 is 95.9 Å². The number of nitrogen functional groups attached to an aromatic ring is 1. The third-order valence-electron chi connectivity index (χ3n) is 11.8. The minimum Gasteiger partial charge on any atom is -0.447 e. The van der Waals surface area contributed by atoms with Crippen LogP contribution in [0.25, 0.3) is 22.3 Å². The Morgan fingerprint density at radius 3 is 1.97 bits per heavy atom. The molecule has 3 N–H and O–H groups in total. The number of carbonyl (C=O) groups excluding carboxylic acids is 4. The van der Waals surface area contributed by atoms with Gasteiger partial charge in [0.2, 0.25) is 5.91 Å². The summed E-state index contributed by atoms with van der Waals surface area (Å²) in [5.74, 6) is -1.53. The van der Waals surface area contributed by atoms with Gasteiger partial charge in [0.25, 0.3) is 11.8 Å². The number of rotatable bonds is 21. The van der Waals surface area contributed by atoms with Crippen LogP contribution in [0.4, 0.5) is 20.8 Å². The fraction of sp³-hybridized carbons (Fsp3) is 0.600. The molecule has 34 heteroatoms. The van der Waals surface area contributed by atoms with Gasteiger partial charge in [-0.25, -0.2) is 48.2 Å². The molecule has 4 aromatic heterocycles. The maximum absolute atomic E-state index is 16.6. The van der Waals surface area contributed by atoms with Gasteiger partial charge in [-0.3, -0.25) is 51.8 Å². The van der Waals surface area contributed by atoms with Crippen molar-refractivity contribution in [2.75, 3.05) is 104 Å². The molecule has 0 spiro atoms. The Bertz CT molecular complexity index is 2770. The molecule has 29 nitrogen and oxygen atoms in total. The van der Waals surface area contributed by atoms with Crippen molar-refractivity contribution in [3.05, 3.63) is 37.5 Å². The van der Waals surface area contributed by atoms with Gasteiger partial charge < -0.3 is 43.8 Å². The smallest absolute Gasteiger partial charge is 0.412 e. The summed E-state index contributed by atoms with van der Waals surface area (Å²) in [6.45, 7) is -5.91. The second kappa shape index (κ2) is 24.9. The van der Waals surface area contributed by atoms with Gasteiger partial charge in [0.05, 0.1) is 98.2 Å². The summed E-state index contributed by atoms with van der Waals surface area (Å²) in [6, 6.07) is 0. The summed E-state index contributed by atoms with van der Waals surface area (Å²) in [6.07, 6.45) is -3.16. The molecular formula is C40H53FN12O17P2S2. The molecule has 404 valence electrons. The Hall–Kier alpha value is -4.79. The molecule has 4 aliphatic rings. The monoisotopic (exact) mass is 1120 g/mol. The van der Waals surface area contributed by atoms with E-state index in [1.807, 2.05) is 0 Å². The first-order chi connectivity index (χ1) is 35.5. The van der Waals surface area contributed by atoms with Crippen LogP contribution < -0.4 is 11.1 Å². The lowest BCUT2D eigenvalue weighted by molar-refractivity contribution is -0.137. The zero-order chi connectivity index (χ0) is 52.6. The van der Waals surface area contributed by atoms with Gasteiger partial charge in [-0.2, -0.15) is 0 Å². The number of likely N-dealkylation sites (N-methyl/N-ethyl adjacent to an activating group) is 1. The van der Waals surface area contributed by atoms with Crippen LogP contribution >= 0.6 is 38.1 Å². The van der Waals surface area contributed by atoms with Gasteiger partial charge in [-0.05, 0) is 0 Å². The summed E-state index contributed by atoms with van der Waals surface area (Å²) in [5.41, 5.74) is 6.64. The molecule has 4 aromatic rings. The van der Waals surface area contributed by atoms with Gasteiger partial charge in [-0.15, -0.1) is 0 Å². The number of ether oxygens (including phenoxy) is 7. The minimum atomic E-state index is -4.41. The summed E-state index contributed by atoms with van der Waals surface area (Å²) in [5, 5.41) is 2.47. The number of amides is 4. The van der Waals surface area contributed by atoms with Crippen LogP contribution in [-0.2, 0) is 74.8 Å². The number of nitrogens with two attached hydrogens (primary N) is 1. The molecule has 0 radical (unpaired) electrons. The molecule has 0 bridgehead atoms. The molecule has 4 amide bonds. The molecule has 3 fully saturated rings. The van der Waals surface area contributed by atoms with Crippen molar-refractivity contribution < 1.29 is 84.0 Å². The largest absolute Gasteiger partial charge is 0.447 e. The average molecular weight is 1120 g/mol. The van der Waals surface area contributed by atoms with E-state index in [9.17, 15) is 28.3 Å². The number of nitrogens with zero attached hydrogens (tertiary/aromatic N) is 10. The summed E-state index contributed by atoms with van der Waals surface area (Å²) >= 11 is 8.34. The summed E-state index contributed by atoms with van der Waals surface area (Å²) < 4.78 is 109. The topological polar surface area (TPSA) is 336 Å². The van der Waals surface area contributed by atoms with Gasteiger partial charge in [0.15, 0.2) is 40.8 Å². The number of anilines is 2. The molecular weight excluding hydrogens is 1070 g/mol.